The Hall–Kier alpha value is -0.000000000000000111. The van der Waals surface area contributed by atoms with Crippen LogP contribution in [0.15, 0.2) is 0 Å². The molecule has 0 amide bonds. The average Bonchev–Trinajstić information content (AvgIpc) is 2.20. The van der Waals surface area contributed by atoms with E-state index in [9.17, 15) is 30.6 Å². The number of hydrogen-bond acceptors (Lipinski definition) is 3. The smallest absolute Gasteiger partial charge is 0.231 e. The molecule has 0 aliphatic heterocycles. The summed E-state index contributed by atoms with van der Waals surface area (Å²) in [6.45, 7) is 2.91. The van der Waals surface area contributed by atoms with E-state index < -0.39 is 40.1 Å². The third-order valence-electron chi connectivity index (χ3n) is 1.81. The topological polar surface area (TPSA) is 29.5 Å². The fraction of sp³-hybridized carbons (Fsp3) is 1.00. The first-order chi connectivity index (χ1) is 8.03. The second kappa shape index (κ2) is 6.96. The zero-order chi connectivity index (χ0) is 14.6. The van der Waals surface area contributed by atoms with Gasteiger partial charge in [-0.05, 0) is 12.8 Å². The summed E-state index contributed by atoms with van der Waals surface area (Å²) in [6.07, 6.45) is 0.132. The number of alkyl halides is 6. The molecular formula is C7H11F6NO2S2. The van der Waals surface area contributed by atoms with Crippen molar-refractivity contribution in [3.63, 3.8) is 0 Å². The van der Waals surface area contributed by atoms with Crippen LogP contribution in [0.5, 0.6) is 0 Å². The predicted octanol–water partition coefficient (Wildman–Crippen LogP) is 3.76. The molecule has 1 unspecified atom stereocenters. The van der Waals surface area contributed by atoms with Gasteiger partial charge < -0.3 is 0 Å². The Bertz CT molecular complexity index is 278. The van der Waals surface area contributed by atoms with Crippen molar-refractivity contribution in [1.29, 1.82) is 0 Å². The highest BCUT2D eigenvalue weighted by molar-refractivity contribution is 7.96. The SMILES string of the molecule is CCC(CC)N(OSC(F)(F)F)S(=O)C(F)(F)F. The zero-order valence-electron chi connectivity index (χ0n) is 9.34. The molecule has 0 aliphatic rings. The van der Waals surface area contributed by atoms with Gasteiger partial charge in [-0.25, -0.2) is 8.49 Å². The Labute approximate surface area is 107 Å². The molecular weight excluding hydrogens is 308 g/mol. The van der Waals surface area contributed by atoms with Crippen molar-refractivity contribution in [3.8, 4) is 0 Å². The molecule has 0 bridgehead atoms. The fourth-order valence-electron chi connectivity index (χ4n) is 0.992. The van der Waals surface area contributed by atoms with Crippen molar-refractivity contribution < 1.29 is 34.8 Å². The zero-order valence-corrected chi connectivity index (χ0v) is 11.0. The van der Waals surface area contributed by atoms with Gasteiger partial charge in [-0.2, -0.15) is 26.3 Å². The van der Waals surface area contributed by atoms with Gasteiger partial charge in [0.1, 0.15) is 12.0 Å². The van der Waals surface area contributed by atoms with E-state index >= 15 is 0 Å². The van der Waals surface area contributed by atoms with Gasteiger partial charge in [0.15, 0.2) is 0 Å². The largest absolute Gasteiger partial charge is 0.487 e. The summed E-state index contributed by atoms with van der Waals surface area (Å²) < 4.78 is 87.2. The van der Waals surface area contributed by atoms with Crippen LogP contribution in [-0.4, -0.2) is 25.7 Å². The monoisotopic (exact) mass is 319 g/mol. The van der Waals surface area contributed by atoms with Crippen LogP contribution >= 0.6 is 12.0 Å². The third-order valence-corrected chi connectivity index (χ3v) is 3.42. The Morgan fingerprint density at radius 1 is 1.17 bits per heavy atom. The van der Waals surface area contributed by atoms with E-state index in [2.05, 4.69) is 4.28 Å². The summed E-state index contributed by atoms with van der Waals surface area (Å²) in [5.74, 6) is 0. The first kappa shape index (κ1) is 18.0. The highest BCUT2D eigenvalue weighted by Crippen LogP contribution is 2.35. The van der Waals surface area contributed by atoms with Crippen molar-refractivity contribution in [2.75, 3.05) is 0 Å². The van der Waals surface area contributed by atoms with E-state index in [4.69, 9.17) is 0 Å². The maximum Gasteiger partial charge on any atom is 0.487 e. The van der Waals surface area contributed by atoms with Crippen molar-refractivity contribution >= 4 is 23.0 Å². The second-order valence-electron chi connectivity index (χ2n) is 3.05. The standard InChI is InChI=1S/C7H11F6NO2S2/c1-3-5(4-2)14(16-17-6(8,9)10)18(15)7(11,12)13/h5H,3-4H2,1-2H3. The molecule has 3 nitrogen and oxygen atoms in total. The van der Waals surface area contributed by atoms with E-state index in [0.717, 1.165) is 0 Å². The lowest BCUT2D eigenvalue weighted by Gasteiger charge is -2.27. The summed E-state index contributed by atoms with van der Waals surface area (Å²) in [6, 6.07) is -1.03. The van der Waals surface area contributed by atoms with Gasteiger partial charge in [-0.15, -0.1) is 0 Å². The maximum absolute atomic E-state index is 12.2. The van der Waals surface area contributed by atoms with Crippen LogP contribution in [0.2, 0.25) is 0 Å². The minimum atomic E-state index is -5.17. The van der Waals surface area contributed by atoms with Crippen molar-refractivity contribution in [3.05, 3.63) is 0 Å². The lowest BCUT2D eigenvalue weighted by Crippen LogP contribution is -2.41. The number of hydrogen-bond donors (Lipinski definition) is 0. The van der Waals surface area contributed by atoms with Crippen molar-refractivity contribution in [2.45, 2.75) is 43.7 Å². The van der Waals surface area contributed by atoms with Gasteiger partial charge in [0.2, 0.25) is 11.0 Å². The highest BCUT2D eigenvalue weighted by atomic mass is 32.2. The van der Waals surface area contributed by atoms with E-state index in [0.29, 0.717) is 0 Å². The summed E-state index contributed by atoms with van der Waals surface area (Å²) in [5, 5.41) is 0. The molecule has 11 heteroatoms. The fourth-order valence-corrected chi connectivity index (χ4v) is 2.36. The Kier molecular flexibility index (Phi) is 6.96. The highest BCUT2D eigenvalue weighted by Gasteiger charge is 2.46. The van der Waals surface area contributed by atoms with Crippen LogP contribution in [0.25, 0.3) is 0 Å². The van der Waals surface area contributed by atoms with Gasteiger partial charge in [0, 0.05) is 0 Å². The maximum atomic E-state index is 12.2. The van der Waals surface area contributed by atoms with Gasteiger partial charge in [-0.1, -0.05) is 18.3 Å². The number of halogens is 6. The molecule has 0 spiro atoms. The van der Waals surface area contributed by atoms with Gasteiger partial charge >= 0.3 is 11.0 Å². The molecule has 110 valence electrons. The van der Waals surface area contributed by atoms with Crippen molar-refractivity contribution in [1.82, 2.24) is 4.47 Å². The molecule has 0 aromatic carbocycles. The van der Waals surface area contributed by atoms with Crippen LogP contribution in [0.3, 0.4) is 0 Å². The van der Waals surface area contributed by atoms with Crippen LogP contribution in [0.4, 0.5) is 26.3 Å². The lowest BCUT2D eigenvalue weighted by molar-refractivity contribution is -0.0776. The van der Waals surface area contributed by atoms with E-state index in [-0.39, 0.29) is 17.3 Å². The molecule has 1 atom stereocenters. The third kappa shape index (κ3) is 6.25. The molecule has 0 fully saturated rings. The van der Waals surface area contributed by atoms with E-state index in [1.54, 1.807) is 0 Å². The second-order valence-corrected chi connectivity index (χ2v) is 5.15. The van der Waals surface area contributed by atoms with Crippen molar-refractivity contribution in [2.24, 2.45) is 0 Å². The van der Waals surface area contributed by atoms with Crippen LogP contribution < -0.4 is 0 Å². The van der Waals surface area contributed by atoms with E-state index in [1.807, 2.05) is 0 Å². The predicted molar refractivity (Wildman–Crippen MR) is 55.1 cm³/mol. The van der Waals surface area contributed by atoms with Crippen LogP contribution in [0.1, 0.15) is 26.7 Å². The number of nitrogens with zero attached hydrogens (tertiary/aromatic N) is 1. The number of hydroxylamine groups is 1. The Balaban J connectivity index is 4.89. The molecule has 0 radical (unpaired) electrons. The van der Waals surface area contributed by atoms with Crippen LogP contribution in [-0.2, 0) is 15.3 Å². The molecule has 0 aromatic rings. The van der Waals surface area contributed by atoms with Crippen LogP contribution in [0, 0.1) is 0 Å². The van der Waals surface area contributed by atoms with E-state index in [1.165, 1.54) is 13.8 Å². The minimum absolute atomic E-state index is 0.0662. The molecule has 0 rings (SSSR count). The summed E-state index contributed by atoms with van der Waals surface area (Å²) in [4.78, 5) is 0. The molecule has 0 aliphatic carbocycles. The molecule has 0 saturated heterocycles. The quantitative estimate of drug-likeness (QED) is 0.424. The molecule has 0 saturated carbocycles. The normalized spacial score (nSPS) is 15.4. The minimum Gasteiger partial charge on any atom is -0.231 e. The first-order valence-corrected chi connectivity index (χ1v) is 6.58. The first-order valence-electron chi connectivity index (χ1n) is 4.73. The molecule has 18 heavy (non-hydrogen) atoms. The van der Waals surface area contributed by atoms with Gasteiger partial charge in [0.25, 0.3) is 0 Å². The lowest BCUT2D eigenvalue weighted by atomic mass is 10.2. The summed E-state index contributed by atoms with van der Waals surface area (Å²) in [7, 11) is -3.65. The van der Waals surface area contributed by atoms with Gasteiger partial charge in [0.05, 0.1) is 6.04 Å². The average molecular weight is 319 g/mol. The number of rotatable bonds is 6. The summed E-state index contributed by atoms with van der Waals surface area (Å²) in [5.41, 5.74) is -10.0. The molecule has 0 N–H and O–H groups in total. The Morgan fingerprint density at radius 3 is 1.89 bits per heavy atom. The molecule has 0 aromatic heterocycles. The summed E-state index contributed by atoms with van der Waals surface area (Å²) >= 11 is -1.12. The van der Waals surface area contributed by atoms with Gasteiger partial charge in [-0.3, -0.25) is 0 Å². The molecule has 0 heterocycles. The Morgan fingerprint density at radius 2 is 1.61 bits per heavy atom.